The highest BCUT2D eigenvalue weighted by molar-refractivity contribution is 7.98. The maximum atomic E-state index is 10.3. The van der Waals surface area contributed by atoms with Crippen molar-refractivity contribution in [2.24, 2.45) is 0 Å². The molecule has 0 aliphatic rings. The third-order valence-electron chi connectivity index (χ3n) is 7.11. The number of aromatic carboxylic acids is 2. The summed E-state index contributed by atoms with van der Waals surface area (Å²) in [6.45, 7) is 20.5. The molecule has 4 N–H and O–H groups in total. The molecule has 0 unspecified atom stereocenters. The molecule has 0 radical (unpaired) electrons. The van der Waals surface area contributed by atoms with Crippen LogP contribution in [0.4, 0.5) is 0 Å². The lowest BCUT2D eigenvalue weighted by Gasteiger charge is -2.25. The molecule has 0 bridgehead atoms. The standard InChI is InChI=1S/2C13H20OS2.C8H6O4/c2*1-7-6-9(13(3,4)5)11(14)8(2)10(7)12(15)16;9-7(10)5-1-2-6(4-3-5)8(11)12/h2*6,12,14-16H,1-5H3;1-4H,(H,9,10)(H,11,12). The van der Waals surface area contributed by atoms with Crippen LogP contribution in [0.5, 0.6) is 11.5 Å². The molecule has 0 fully saturated rings. The van der Waals surface area contributed by atoms with Crippen molar-refractivity contribution in [1.29, 1.82) is 0 Å². The Hall–Kier alpha value is -2.40. The van der Waals surface area contributed by atoms with Crippen molar-refractivity contribution in [3.05, 3.63) is 92.0 Å². The first-order valence-corrected chi connectivity index (χ1v) is 16.0. The molecule has 0 saturated carbocycles. The van der Waals surface area contributed by atoms with E-state index in [0.717, 1.165) is 44.5 Å². The number of aromatic hydroxyl groups is 2. The Kier molecular flexibility index (Phi) is 14.2. The van der Waals surface area contributed by atoms with Gasteiger partial charge in [-0.25, -0.2) is 9.59 Å². The Morgan fingerprint density at radius 3 is 1.02 bits per heavy atom. The van der Waals surface area contributed by atoms with Crippen molar-refractivity contribution in [1.82, 2.24) is 0 Å². The number of phenolic OH excluding ortho intramolecular Hbond substituents is 2. The van der Waals surface area contributed by atoms with E-state index in [9.17, 15) is 19.8 Å². The Balaban J connectivity index is 0.000000334. The van der Waals surface area contributed by atoms with Crippen molar-refractivity contribution < 1.29 is 30.0 Å². The number of hydrogen-bond donors (Lipinski definition) is 8. The van der Waals surface area contributed by atoms with Gasteiger partial charge in [0.1, 0.15) is 11.5 Å². The maximum absolute atomic E-state index is 10.3. The minimum absolute atomic E-state index is 0.0547. The number of hydrogen-bond acceptors (Lipinski definition) is 8. The van der Waals surface area contributed by atoms with E-state index >= 15 is 0 Å². The third kappa shape index (κ3) is 10.3. The number of phenols is 2. The van der Waals surface area contributed by atoms with Gasteiger partial charge in [0.15, 0.2) is 0 Å². The van der Waals surface area contributed by atoms with Gasteiger partial charge in [0, 0.05) is 0 Å². The van der Waals surface area contributed by atoms with Crippen LogP contribution in [0.25, 0.3) is 0 Å². The predicted molar refractivity (Wildman–Crippen MR) is 194 cm³/mol. The molecule has 10 heteroatoms. The van der Waals surface area contributed by atoms with Crippen LogP contribution in [0, 0.1) is 27.7 Å². The molecule has 0 aromatic heterocycles. The number of rotatable bonds is 4. The highest BCUT2D eigenvalue weighted by Gasteiger charge is 2.24. The summed E-state index contributed by atoms with van der Waals surface area (Å²) in [4.78, 5) is 20.7. The average Bonchev–Trinajstić information content (AvgIpc) is 2.87. The molecular formula is C34H46O6S4. The summed E-state index contributed by atoms with van der Waals surface area (Å²) >= 11 is 17.3. The van der Waals surface area contributed by atoms with Gasteiger partial charge in [-0.3, -0.25) is 0 Å². The summed E-state index contributed by atoms with van der Waals surface area (Å²) in [6.07, 6.45) is 0. The van der Waals surface area contributed by atoms with Gasteiger partial charge < -0.3 is 20.4 Å². The van der Waals surface area contributed by atoms with Gasteiger partial charge >= 0.3 is 11.9 Å². The highest BCUT2D eigenvalue weighted by atomic mass is 32.2. The number of aryl methyl sites for hydroxylation is 2. The lowest BCUT2D eigenvalue weighted by Crippen LogP contribution is -2.13. The minimum Gasteiger partial charge on any atom is -0.507 e. The molecule has 44 heavy (non-hydrogen) atoms. The van der Waals surface area contributed by atoms with Crippen LogP contribution in [-0.4, -0.2) is 32.4 Å². The SMILES string of the molecule is Cc1cc(C(C)(C)C)c(O)c(C)c1C(S)S.Cc1cc(C(C)(C)C)c(O)c(C)c1C(S)S.O=C(O)c1ccc(C(=O)O)cc1. The van der Waals surface area contributed by atoms with Crippen molar-refractivity contribution >= 4 is 62.5 Å². The lowest BCUT2D eigenvalue weighted by atomic mass is 9.83. The molecule has 3 aromatic rings. The first kappa shape index (κ1) is 39.6. The molecule has 0 heterocycles. The summed E-state index contributed by atoms with van der Waals surface area (Å²) < 4.78 is -0.306. The van der Waals surface area contributed by atoms with Crippen molar-refractivity contribution in [2.75, 3.05) is 0 Å². The van der Waals surface area contributed by atoms with Crippen LogP contribution in [0.3, 0.4) is 0 Å². The number of carboxylic acid groups (broad SMARTS) is 2. The zero-order valence-electron chi connectivity index (χ0n) is 27.0. The van der Waals surface area contributed by atoms with Gasteiger partial charge in [0.2, 0.25) is 0 Å². The van der Waals surface area contributed by atoms with E-state index in [1.807, 2.05) is 39.8 Å². The van der Waals surface area contributed by atoms with E-state index in [-0.39, 0.29) is 31.1 Å². The first-order valence-electron chi connectivity index (χ1n) is 13.9. The molecule has 0 aliphatic carbocycles. The van der Waals surface area contributed by atoms with Crippen molar-refractivity contribution in [3.8, 4) is 11.5 Å². The largest absolute Gasteiger partial charge is 0.507 e. The van der Waals surface area contributed by atoms with Crippen LogP contribution in [0.15, 0.2) is 36.4 Å². The highest BCUT2D eigenvalue weighted by Crippen LogP contribution is 2.41. The van der Waals surface area contributed by atoms with E-state index in [0.29, 0.717) is 11.5 Å². The molecule has 6 nitrogen and oxygen atoms in total. The van der Waals surface area contributed by atoms with E-state index in [2.05, 4.69) is 92.1 Å². The molecule has 3 rings (SSSR count). The zero-order chi connectivity index (χ0) is 34.5. The minimum atomic E-state index is -1.06. The quantitative estimate of drug-likeness (QED) is 0.103. The molecule has 0 atom stereocenters. The van der Waals surface area contributed by atoms with E-state index in [1.54, 1.807) is 0 Å². The Bertz CT molecular complexity index is 1370. The van der Waals surface area contributed by atoms with E-state index in [1.165, 1.54) is 24.3 Å². The second kappa shape index (κ2) is 15.7. The molecule has 0 spiro atoms. The molecule has 242 valence electrons. The molecule has 3 aromatic carbocycles. The summed E-state index contributed by atoms with van der Waals surface area (Å²) in [6, 6.07) is 9.10. The molecule has 0 aliphatic heterocycles. The topological polar surface area (TPSA) is 115 Å². The Morgan fingerprint density at radius 2 is 0.841 bits per heavy atom. The van der Waals surface area contributed by atoms with Gasteiger partial charge in [0.25, 0.3) is 0 Å². The maximum Gasteiger partial charge on any atom is 0.335 e. The van der Waals surface area contributed by atoms with Crippen LogP contribution in [0.2, 0.25) is 0 Å². The second-order valence-corrected chi connectivity index (χ2v) is 15.6. The van der Waals surface area contributed by atoms with Crippen LogP contribution in [-0.2, 0) is 10.8 Å². The van der Waals surface area contributed by atoms with Gasteiger partial charge in [-0.2, -0.15) is 50.5 Å². The van der Waals surface area contributed by atoms with E-state index in [4.69, 9.17) is 10.2 Å². The third-order valence-corrected chi connectivity index (χ3v) is 8.14. The van der Waals surface area contributed by atoms with Crippen LogP contribution < -0.4 is 0 Å². The van der Waals surface area contributed by atoms with Crippen LogP contribution >= 0.6 is 50.5 Å². The Labute approximate surface area is 284 Å². The summed E-state index contributed by atoms with van der Waals surface area (Å²) in [5.41, 5.74) is 8.09. The number of benzene rings is 3. The van der Waals surface area contributed by atoms with Crippen LogP contribution in [0.1, 0.15) is 116 Å². The monoisotopic (exact) mass is 678 g/mol. The van der Waals surface area contributed by atoms with E-state index < -0.39 is 11.9 Å². The summed E-state index contributed by atoms with van der Waals surface area (Å²) in [5, 5.41) is 37.4. The molecular weight excluding hydrogens is 633 g/mol. The fourth-order valence-electron chi connectivity index (χ4n) is 4.67. The molecule has 0 saturated heterocycles. The van der Waals surface area contributed by atoms with Gasteiger partial charge in [0.05, 0.1) is 20.3 Å². The number of carboxylic acids is 2. The van der Waals surface area contributed by atoms with Crippen molar-refractivity contribution in [3.63, 3.8) is 0 Å². The predicted octanol–water partition coefficient (Wildman–Crippen LogP) is 9.41. The smallest absolute Gasteiger partial charge is 0.335 e. The molecule has 0 amide bonds. The second-order valence-electron chi connectivity index (χ2n) is 12.7. The van der Waals surface area contributed by atoms with Crippen molar-refractivity contribution in [2.45, 2.75) is 89.2 Å². The lowest BCUT2D eigenvalue weighted by molar-refractivity contribution is 0.0681. The van der Waals surface area contributed by atoms with Gasteiger partial charge in [-0.15, -0.1) is 0 Å². The fraction of sp³-hybridized carbons (Fsp3) is 0.412. The van der Waals surface area contributed by atoms with Gasteiger partial charge in [-0.05, 0) is 107 Å². The normalized spacial score (nSPS) is 11.5. The summed E-state index contributed by atoms with van der Waals surface area (Å²) in [5.74, 6) is -1.37. The Morgan fingerprint density at radius 1 is 0.591 bits per heavy atom. The average molecular weight is 679 g/mol. The van der Waals surface area contributed by atoms with Gasteiger partial charge in [-0.1, -0.05) is 53.7 Å². The zero-order valence-corrected chi connectivity index (χ0v) is 30.6. The number of thiol groups is 4. The first-order chi connectivity index (χ1) is 19.9. The summed E-state index contributed by atoms with van der Waals surface area (Å²) in [7, 11) is 0. The fourth-order valence-corrected chi connectivity index (χ4v) is 6.26. The number of carbonyl (C=O) groups is 2.